The van der Waals surface area contributed by atoms with Gasteiger partial charge in [0, 0.05) is 11.1 Å². The van der Waals surface area contributed by atoms with E-state index in [0.717, 1.165) is 5.56 Å². The van der Waals surface area contributed by atoms with Crippen LogP contribution in [0.3, 0.4) is 0 Å². The number of fused-ring (bicyclic) bond motifs is 1. The fourth-order valence-corrected chi connectivity index (χ4v) is 2.53. The zero-order chi connectivity index (χ0) is 19.4. The van der Waals surface area contributed by atoms with Gasteiger partial charge in [0.05, 0.1) is 30.0 Å². The van der Waals surface area contributed by atoms with Gasteiger partial charge in [-0.1, -0.05) is 23.7 Å². The number of aryl methyl sites for hydroxylation is 1. The van der Waals surface area contributed by atoms with Gasteiger partial charge in [0.2, 0.25) is 0 Å². The largest absolute Gasteiger partial charge is 0.495 e. The molecule has 0 spiro atoms. The second kappa shape index (κ2) is 8.01. The predicted molar refractivity (Wildman–Crippen MR) is 101 cm³/mol. The minimum Gasteiger partial charge on any atom is -0.495 e. The van der Waals surface area contributed by atoms with Gasteiger partial charge in [-0.25, -0.2) is 9.78 Å². The predicted octanol–water partition coefficient (Wildman–Crippen LogP) is 3.40. The molecule has 0 aliphatic rings. The van der Waals surface area contributed by atoms with Crippen LogP contribution in [0.25, 0.3) is 11.0 Å². The smallest absolute Gasteiger partial charge is 0.359 e. The number of amides is 1. The first-order valence-corrected chi connectivity index (χ1v) is 8.38. The normalized spacial score (nSPS) is 10.5. The second-order valence-electron chi connectivity index (χ2n) is 5.67. The Morgan fingerprint density at radius 1 is 1.19 bits per heavy atom. The number of carbonyl (C=O) groups excluding carboxylic acids is 2. The maximum Gasteiger partial charge on any atom is 0.359 e. The van der Waals surface area contributed by atoms with E-state index in [4.69, 9.17) is 21.1 Å². The van der Waals surface area contributed by atoms with Crippen molar-refractivity contribution < 1.29 is 19.1 Å². The number of rotatable bonds is 5. The number of esters is 1. The lowest BCUT2D eigenvalue weighted by atomic mass is 10.2. The van der Waals surface area contributed by atoms with E-state index in [2.05, 4.69) is 15.3 Å². The highest BCUT2D eigenvalue weighted by Gasteiger charge is 2.15. The number of ether oxygens (including phenoxy) is 2. The van der Waals surface area contributed by atoms with Crippen LogP contribution in [0.1, 0.15) is 16.1 Å². The van der Waals surface area contributed by atoms with Crippen molar-refractivity contribution in [1.82, 2.24) is 9.97 Å². The summed E-state index contributed by atoms with van der Waals surface area (Å²) in [5.41, 5.74) is 2.47. The van der Waals surface area contributed by atoms with Gasteiger partial charge in [-0.3, -0.25) is 9.78 Å². The van der Waals surface area contributed by atoms with Crippen LogP contribution >= 0.6 is 11.6 Å². The number of halogens is 1. The molecule has 0 atom stereocenters. The fraction of sp³-hybridized carbons (Fsp3) is 0.158. The number of nitrogens with one attached hydrogen (secondary N) is 1. The first kappa shape index (κ1) is 18.6. The van der Waals surface area contributed by atoms with E-state index in [1.807, 2.05) is 6.07 Å². The molecule has 27 heavy (non-hydrogen) atoms. The molecule has 3 rings (SSSR count). The van der Waals surface area contributed by atoms with Crippen molar-refractivity contribution in [3.63, 3.8) is 0 Å². The molecule has 8 heteroatoms. The molecule has 1 heterocycles. The minimum absolute atomic E-state index is 0.0291. The summed E-state index contributed by atoms with van der Waals surface area (Å²) in [7, 11) is 1.47. The summed E-state index contributed by atoms with van der Waals surface area (Å²) in [6, 6.07) is 10.4. The summed E-state index contributed by atoms with van der Waals surface area (Å²) < 4.78 is 10.2. The maximum absolute atomic E-state index is 12.1. The SMILES string of the molecule is COc1cc(Cl)c(C)cc1NC(=O)COC(=O)c1cnc2ccccc2n1. The van der Waals surface area contributed by atoms with E-state index < -0.39 is 18.5 Å². The summed E-state index contributed by atoms with van der Waals surface area (Å²) in [5, 5.41) is 3.15. The highest BCUT2D eigenvalue weighted by molar-refractivity contribution is 6.31. The van der Waals surface area contributed by atoms with Crippen molar-refractivity contribution >= 4 is 40.2 Å². The number of methoxy groups -OCH3 is 1. The molecule has 0 aliphatic heterocycles. The van der Waals surface area contributed by atoms with Crippen LogP contribution in [0.5, 0.6) is 5.75 Å². The molecule has 3 aromatic rings. The first-order valence-electron chi connectivity index (χ1n) is 8.01. The molecule has 0 saturated heterocycles. The van der Waals surface area contributed by atoms with Crippen molar-refractivity contribution in [2.75, 3.05) is 19.0 Å². The van der Waals surface area contributed by atoms with Crippen LogP contribution in [0.15, 0.2) is 42.6 Å². The van der Waals surface area contributed by atoms with Gasteiger partial charge < -0.3 is 14.8 Å². The monoisotopic (exact) mass is 385 g/mol. The van der Waals surface area contributed by atoms with E-state index >= 15 is 0 Å². The average Bonchev–Trinajstić information content (AvgIpc) is 2.68. The third kappa shape index (κ3) is 4.32. The Balaban J connectivity index is 1.64. The Labute approximate surface area is 160 Å². The minimum atomic E-state index is -0.734. The first-order chi connectivity index (χ1) is 13.0. The molecule has 1 amide bonds. The summed E-state index contributed by atoms with van der Waals surface area (Å²) >= 11 is 6.04. The van der Waals surface area contributed by atoms with Crippen LogP contribution in [0.2, 0.25) is 5.02 Å². The van der Waals surface area contributed by atoms with Crippen molar-refractivity contribution in [2.45, 2.75) is 6.92 Å². The van der Waals surface area contributed by atoms with Crippen molar-refractivity contribution in [2.24, 2.45) is 0 Å². The molecular formula is C19H16ClN3O4. The number of nitrogens with zero attached hydrogens (tertiary/aromatic N) is 2. The van der Waals surface area contributed by atoms with Crippen LogP contribution in [0, 0.1) is 6.92 Å². The molecular weight excluding hydrogens is 370 g/mol. The van der Waals surface area contributed by atoms with E-state index in [-0.39, 0.29) is 5.69 Å². The van der Waals surface area contributed by atoms with Crippen molar-refractivity contribution in [3.8, 4) is 5.75 Å². The summed E-state index contributed by atoms with van der Waals surface area (Å²) in [6.07, 6.45) is 1.31. The zero-order valence-corrected chi connectivity index (χ0v) is 15.4. The standard InChI is InChI=1S/C19H16ClN3O4/c1-11-7-15(17(26-2)8-12(11)20)23-18(24)10-27-19(25)16-9-21-13-5-3-4-6-14(13)22-16/h3-9H,10H2,1-2H3,(H,23,24). The van der Waals surface area contributed by atoms with Gasteiger partial charge >= 0.3 is 5.97 Å². The summed E-state index contributed by atoms with van der Waals surface area (Å²) in [4.78, 5) is 32.6. The number of carbonyl (C=O) groups is 2. The number of aromatic nitrogens is 2. The number of anilines is 1. The molecule has 0 fully saturated rings. The number of hydrogen-bond acceptors (Lipinski definition) is 6. The van der Waals surface area contributed by atoms with Crippen LogP contribution in [-0.4, -0.2) is 35.6 Å². The highest BCUT2D eigenvalue weighted by Crippen LogP contribution is 2.30. The third-order valence-corrected chi connectivity index (χ3v) is 4.15. The molecule has 1 aromatic heterocycles. The Kier molecular flexibility index (Phi) is 5.52. The quantitative estimate of drug-likeness (QED) is 0.677. The summed E-state index contributed by atoms with van der Waals surface area (Å²) in [5.74, 6) is -0.842. The number of hydrogen-bond donors (Lipinski definition) is 1. The van der Waals surface area contributed by atoms with Crippen LogP contribution in [-0.2, 0) is 9.53 Å². The maximum atomic E-state index is 12.1. The van der Waals surface area contributed by atoms with E-state index in [0.29, 0.717) is 27.5 Å². The lowest BCUT2D eigenvalue weighted by Gasteiger charge is -2.12. The molecule has 0 bridgehead atoms. The van der Waals surface area contributed by atoms with Gasteiger partial charge in [-0.05, 0) is 30.7 Å². The Morgan fingerprint density at radius 2 is 1.93 bits per heavy atom. The molecule has 2 aromatic carbocycles. The highest BCUT2D eigenvalue weighted by atomic mass is 35.5. The molecule has 1 N–H and O–H groups in total. The second-order valence-corrected chi connectivity index (χ2v) is 6.08. The van der Waals surface area contributed by atoms with E-state index in [9.17, 15) is 9.59 Å². The average molecular weight is 386 g/mol. The number of benzene rings is 2. The van der Waals surface area contributed by atoms with Crippen LogP contribution < -0.4 is 10.1 Å². The zero-order valence-electron chi connectivity index (χ0n) is 14.7. The topological polar surface area (TPSA) is 90.4 Å². The van der Waals surface area contributed by atoms with Gasteiger partial charge in [0.25, 0.3) is 5.91 Å². The van der Waals surface area contributed by atoms with Crippen molar-refractivity contribution in [1.29, 1.82) is 0 Å². The fourth-order valence-electron chi connectivity index (χ4n) is 2.38. The molecule has 0 aliphatic carbocycles. The third-order valence-electron chi connectivity index (χ3n) is 3.75. The van der Waals surface area contributed by atoms with Gasteiger partial charge in [0.1, 0.15) is 5.75 Å². The van der Waals surface area contributed by atoms with Gasteiger partial charge in [-0.2, -0.15) is 0 Å². The van der Waals surface area contributed by atoms with Crippen LogP contribution in [0.4, 0.5) is 5.69 Å². The lowest BCUT2D eigenvalue weighted by molar-refractivity contribution is -0.119. The molecule has 0 saturated carbocycles. The molecule has 138 valence electrons. The lowest BCUT2D eigenvalue weighted by Crippen LogP contribution is -2.21. The molecule has 7 nitrogen and oxygen atoms in total. The van der Waals surface area contributed by atoms with E-state index in [1.54, 1.807) is 37.3 Å². The summed E-state index contributed by atoms with van der Waals surface area (Å²) in [6.45, 7) is 1.33. The number of para-hydroxylation sites is 2. The Morgan fingerprint density at radius 3 is 2.67 bits per heavy atom. The van der Waals surface area contributed by atoms with Crippen molar-refractivity contribution in [3.05, 3.63) is 58.9 Å². The molecule has 0 radical (unpaired) electrons. The van der Waals surface area contributed by atoms with Gasteiger partial charge in [-0.15, -0.1) is 0 Å². The molecule has 0 unspecified atom stereocenters. The van der Waals surface area contributed by atoms with Gasteiger partial charge in [0.15, 0.2) is 12.3 Å². The Hall–Kier alpha value is -3.19. The Bertz CT molecular complexity index is 1020. The van der Waals surface area contributed by atoms with E-state index in [1.165, 1.54) is 13.3 Å².